The lowest BCUT2D eigenvalue weighted by molar-refractivity contribution is 0.0772. The molecule has 5 heteroatoms. The van der Waals surface area contributed by atoms with Crippen LogP contribution in [0.3, 0.4) is 0 Å². The second-order valence-electron chi connectivity index (χ2n) is 4.31. The molecule has 0 aliphatic carbocycles. The Hall–Kier alpha value is -2.43. The van der Waals surface area contributed by atoms with Gasteiger partial charge in [0, 0.05) is 6.54 Å². The van der Waals surface area contributed by atoms with Crippen molar-refractivity contribution in [1.29, 1.82) is 0 Å². The van der Waals surface area contributed by atoms with Gasteiger partial charge in [0.2, 0.25) is 11.8 Å². The molecule has 0 saturated heterocycles. The number of ether oxygens (including phenoxy) is 1. The summed E-state index contributed by atoms with van der Waals surface area (Å²) in [6.45, 7) is 8.50. The van der Waals surface area contributed by atoms with Crippen molar-refractivity contribution < 1.29 is 13.9 Å². The molecule has 0 fully saturated rings. The van der Waals surface area contributed by atoms with Crippen molar-refractivity contribution in [3.05, 3.63) is 60.6 Å². The number of carbonyl (C=O) groups is 1. The molecule has 0 aromatic carbocycles. The van der Waals surface area contributed by atoms with E-state index in [2.05, 4.69) is 18.1 Å². The fraction of sp³-hybridized carbons (Fsp3) is 0.200. The van der Waals surface area contributed by atoms with Gasteiger partial charge in [-0.3, -0.25) is 4.79 Å². The highest BCUT2D eigenvalue weighted by atomic mass is 19.1. The van der Waals surface area contributed by atoms with Gasteiger partial charge in [-0.05, 0) is 17.7 Å². The van der Waals surface area contributed by atoms with Gasteiger partial charge in [-0.25, -0.2) is 0 Å². The van der Waals surface area contributed by atoms with E-state index >= 15 is 0 Å². The molecule has 20 heavy (non-hydrogen) atoms. The van der Waals surface area contributed by atoms with Gasteiger partial charge in [0.25, 0.3) is 5.91 Å². The Bertz CT molecular complexity index is 581. The number of rotatable bonds is 4. The quantitative estimate of drug-likeness (QED) is 0.625. The van der Waals surface area contributed by atoms with Gasteiger partial charge in [-0.1, -0.05) is 31.4 Å². The molecule has 0 unspecified atom stereocenters. The number of halogens is 1. The number of carbonyl (C=O) groups excluding carboxylic acids is 1. The van der Waals surface area contributed by atoms with Crippen molar-refractivity contribution in [2.45, 2.75) is 0 Å². The summed E-state index contributed by atoms with van der Waals surface area (Å²) >= 11 is 0. The fourth-order valence-electron chi connectivity index (χ4n) is 1.87. The minimum absolute atomic E-state index is 0.0461. The summed E-state index contributed by atoms with van der Waals surface area (Å²) in [7, 11) is 0. The van der Waals surface area contributed by atoms with Crippen molar-refractivity contribution in [1.82, 2.24) is 9.88 Å². The maximum absolute atomic E-state index is 13.1. The number of fused-ring (bicyclic) bond motifs is 1. The van der Waals surface area contributed by atoms with Gasteiger partial charge in [0.15, 0.2) is 0 Å². The van der Waals surface area contributed by atoms with Crippen LogP contribution < -0.4 is 4.74 Å². The third kappa shape index (κ3) is 3.12. The van der Waals surface area contributed by atoms with Crippen LogP contribution in [0.2, 0.25) is 0 Å². The third-order valence-electron chi connectivity index (χ3n) is 2.81. The largest absolute Gasteiger partial charge is 0.475 e. The molecule has 1 aromatic heterocycles. The van der Waals surface area contributed by atoms with Crippen molar-refractivity contribution in [3.63, 3.8) is 0 Å². The summed E-state index contributed by atoms with van der Waals surface area (Å²) in [4.78, 5) is 17.6. The molecule has 2 rings (SSSR count). The predicted octanol–water partition coefficient (Wildman–Crippen LogP) is 2.35. The molecule has 1 aliphatic heterocycles. The van der Waals surface area contributed by atoms with E-state index in [4.69, 9.17) is 4.74 Å². The lowest BCUT2D eigenvalue weighted by Gasteiger charge is -2.19. The van der Waals surface area contributed by atoms with Crippen molar-refractivity contribution in [3.8, 4) is 5.88 Å². The summed E-state index contributed by atoms with van der Waals surface area (Å²) in [5.41, 5.74) is 1.04. The Balaban J connectivity index is 2.19. The molecule has 1 aromatic rings. The molecule has 104 valence electrons. The van der Waals surface area contributed by atoms with Gasteiger partial charge < -0.3 is 9.64 Å². The van der Waals surface area contributed by atoms with Gasteiger partial charge in [0.05, 0.1) is 6.54 Å². The Labute approximate surface area is 116 Å². The summed E-state index contributed by atoms with van der Waals surface area (Å²) in [5, 5.41) is 0. The molecule has 0 radical (unpaired) electrons. The number of amides is 1. The normalized spacial score (nSPS) is 14.7. The Morgan fingerprint density at radius 3 is 3.10 bits per heavy atom. The molecule has 0 atom stereocenters. The molecule has 0 N–H and O–H groups in total. The summed E-state index contributed by atoms with van der Waals surface area (Å²) in [6.07, 6.45) is 5.18. The Kier molecular flexibility index (Phi) is 4.30. The zero-order valence-corrected chi connectivity index (χ0v) is 11.0. The molecular formula is C15H15FN2O2. The average molecular weight is 274 g/mol. The van der Waals surface area contributed by atoms with Crippen molar-refractivity contribution in [2.75, 3.05) is 19.7 Å². The molecular weight excluding hydrogens is 259 g/mol. The first-order chi connectivity index (χ1) is 9.61. The SMILES string of the molecule is C=C/C=C\C(=C)CN1CCOc2nc(F)ccc2C1=O. The molecule has 1 aliphatic rings. The molecule has 2 heterocycles. The first-order valence-electron chi connectivity index (χ1n) is 6.17. The second-order valence-corrected chi connectivity index (χ2v) is 4.31. The van der Waals surface area contributed by atoms with Crippen LogP contribution in [0.25, 0.3) is 0 Å². The van der Waals surface area contributed by atoms with Crippen LogP contribution in [0.5, 0.6) is 5.88 Å². The van der Waals surface area contributed by atoms with Gasteiger partial charge in [0.1, 0.15) is 12.2 Å². The maximum atomic E-state index is 13.1. The van der Waals surface area contributed by atoms with E-state index in [0.717, 1.165) is 11.6 Å². The Morgan fingerprint density at radius 1 is 1.55 bits per heavy atom. The maximum Gasteiger partial charge on any atom is 0.259 e. The highest BCUT2D eigenvalue weighted by Crippen LogP contribution is 2.21. The molecule has 4 nitrogen and oxygen atoms in total. The monoisotopic (exact) mass is 274 g/mol. The highest BCUT2D eigenvalue weighted by molar-refractivity contribution is 5.96. The number of hydrogen-bond donors (Lipinski definition) is 0. The van der Waals surface area contributed by atoms with Crippen LogP contribution in [0.15, 0.2) is 49.1 Å². The van der Waals surface area contributed by atoms with E-state index in [1.165, 1.54) is 6.07 Å². The smallest absolute Gasteiger partial charge is 0.259 e. The van der Waals surface area contributed by atoms with Crippen LogP contribution in [0.4, 0.5) is 4.39 Å². The summed E-state index contributed by atoms with van der Waals surface area (Å²) in [5.74, 6) is -0.855. The highest BCUT2D eigenvalue weighted by Gasteiger charge is 2.24. The summed E-state index contributed by atoms with van der Waals surface area (Å²) in [6, 6.07) is 2.54. The van der Waals surface area contributed by atoms with E-state index in [1.807, 2.05) is 0 Å². The number of hydrogen-bond acceptors (Lipinski definition) is 3. The average Bonchev–Trinajstić information content (AvgIpc) is 2.57. The van der Waals surface area contributed by atoms with Gasteiger partial charge in [-0.15, -0.1) is 0 Å². The minimum Gasteiger partial charge on any atom is -0.475 e. The van der Waals surface area contributed by atoms with Crippen LogP contribution in [0, 0.1) is 5.95 Å². The lowest BCUT2D eigenvalue weighted by atomic mass is 10.2. The van der Waals surface area contributed by atoms with Crippen molar-refractivity contribution in [2.24, 2.45) is 0 Å². The minimum atomic E-state index is -0.664. The van der Waals surface area contributed by atoms with E-state index in [1.54, 1.807) is 23.1 Å². The zero-order chi connectivity index (χ0) is 14.5. The predicted molar refractivity (Wildman–Crippen MR) is 74.1 cm³/mol. The lowest BCUT2D eigenvalue weighted by Crippen LogP contribution is -2.33. The first kappa shape index (κ1) is 14.0. The van der Waals surface area contributed by atoms with E-state index < -0.39 is 5.95 Å². The van der Waals surface area contributed by atoms with Crippen molar-refractivity contribution >= 4 is 5.91 Å². The van der Waals surface area contributed by atoms with Crippen LogP contribution >= 0.6 is 0 Å². The Morgan fingerprint density at radius 2 is 2.35 bits per heavy atom. The number of aromatic nitrogens is 1. The number of nitrogens with zero attached hydrogens (tertiary/aromatic N) is 2. The number of pyridine rings is 1. The molecule has 0 saturated carbocycles. The van der Waals surface area contributed by atoms with Crippen LogP contribution in [-0.4, -0.2) is 35.5 Å². The zero-order valence-electron chi connectivity index (χ0n) is 11.0. The molecule has 0 spiro atoms. The molecule has 1 amide bonds. The van der Waals surface area contributed by atoms with E-state index in [-0.39, 0.29) is 24.0 Å². The summed E-state index contributed by atoms with van der Waals surface area (Å²) < 4.78 is 18.4. The third-order valence-corrected chi connectivity index (χ3v) is 2.81. The van der Waals surface area contributed by atoms with Gasteiger partial charge >= 0.3 is 0 Å². The first-order valence-corrected chi connectivity index (χ1v) is 6.17. The van der Waals surface area contributed by atoms with E-state index in [9.17, 15) is 9.18 Å². The molecule has 0 bridgehead atoms. The van der Waals surface area contributed by atoms with Crippen LogP contribution in [-0.2, 0) is 0 Å². The van der Waals surface area contributed by atoms with E-state index in [0.29, 0.717) is 13.1 Å². The fourth-order valence-corrected chi connectivity index (χ4v) is 1.87. The van der Waals surface area contributed by atoms with Gasteiger partial charge in [-0.2, -0.15) is 9.37 Å². The number of allylic oxidation sites excluding steroid dienone is 2. The van der Waals surface area contributed by atoms with Crippen LogP contribution in [0.1, 0.15) is 10.4 Å². The second kappa shape index (κ2) is 6.14. The topological polar surface area (TPSA) is 42.4 Å². The standard InChI is InChI=1S/C15H15FN2O2/c1-3-4-5-11(2)10-18-8-9-20-14-12(15(18)19)6-7-13(16)17-14/h3-7H,1-2,8-10H2/b5-4-.